The molecule has 1 aromatic heterocycles. The Hall–Kier alpha value is -2.94. The number of unbranched alkanes of at least 4 members (excludes halogenated alkanes) is 1. The third-order valence-corrected chi connectivity index (χ3v) is 5.19. The highest BCUT2D eigenvalue weighted by Gasteiger charge is 2.25. The van der Waals surface area contributed by atoms with Crippen LogP contribution in [0.25, 0.3) is 11.3 Å². The van der Waals surface area contributed by atoms with Crippen molar-refractivity contribution in [1.29, 1.82) is 5.26 Å². The van der Waals surface area contributed by atoms with Gasteiger partial charge in [0.2, 0.25) is 5.95 Å². The monoisotopic (exact) mass is 377 g/mol. The predicted molar refractivity (Wildman–Crippen MR) is 110 cm³/mol. The first-order chi connectivity index (χ1) is 13.6. The van der Waals surface area contributed by atoms with Gasteiger partial charge in [-0.2, -0.15) is 5.26 Å². The molecule has 146 valence electrons. The van der Waals surface area contributed by atoms with Gasteiger partial charge in [-0.15, -0.1) is 0 Å². The summed E-state index contributed by atoms with van der Waals surface area (Å²) in [4.78, 5) is 24.1. The molecule has 0 atom stereocenters. The van der Waals surface area contributed by atoms with E-state index in [0.29, 0.717) is 28.7 Å². The molecule has 1 N–H and O–H groups in total. The summed E-state index contributed by atoms with van der Waals surface area (Å²) in [6.07, 6.45) is 5.79. The number of anilines is 1. The van der Waals surface area contributed by atoms with Gasteiger partial charge in [-0.1, -0.05) is 32.4 Å². The molecule has 1 fully saturated rings. The molecule has 28 heavy (non-hydrogen) atoms. The number of nitrogens with one attached hydrogen (secondary N) is 1. The summed E-state index contributed by atoms with van der Waals surface area (Å²) in [5.41, 5.74) is 2.52. The van der Waals surface area contributed by atoms with Gasteiger partial charge < -0.3 is 10.2 Å². The van der Waals surface area contributed by atoms with Crippen LogP contribution < -0.4 is 5.32 Å². The van der Waals surface area contributed by atoms with Crippen molar-refractivity contribution in [2.24, 2.45) is 5.92 Å². The van der Waals surface area contributed by atoms with Crippen molar-refractivity contribution >= 4 is 11.9 Å². The average Bonchev–Trinajstić information content (AvgIpc) is 2.74. The summed E-state index contributed by atoms with van der Waals surface area (Å²) < 4.78 is 0. The van der Waals surface area contributed by atoms with Gasteiger partial charge in [0.15, 0.2) is 0 Å². The summed E-state index contributed by atoms with van der Waals surface area (Å²) in [5.74, 6) is 1.16. The number of benzene rings is 1. The molecule has 0 aliphatic carbocycles. The van der Waals surface area contributed by atoms with Gasteiger partial charge in [-0.25, -0.2) is 9.97 Å². The van der Waals surface area contributed by atoms with Crippen LogP contribution in [-0.4, -0.2) is 40.4 Å². The Morgan fingerprint density at radius 3 is 2.64 bits per heavy atom. The summed E-state index contributed by atoms with van der Waals surface area (Å²) in [6.45, 7) is 6.68. The van der Waals surface area contributed by atoms with Crippen molar-refractivity contribution in [3.05, 3.63) is 41.6 Å². The lowest BCUT2D eigenvalue weighted by atomic mass is 9.98. The van der Waals surface area contributed by atoms with E-state index in [0.717, 1.165) is 50.9 Å². The summed E-state index contributed by atoms with van der Waals surface area (Å²) in [7, 11) is 0. The predicted octanol–water partition coefficient (Wildman–Crippen LogP) is 4.10. The van der Waals surface area contributed by atoms with E-state index in [9.17, 15) is 4.79 Å². The summed E-state index contributed by atoms with van der Waals surface area (Å²) >= 11 is 0. The summed E-state index contributed by atoms with van der Waals surface area (Å²) in [6, 6.07) is 9.30. The van der Waals surface area contributed by atoms with E-state index in [1.54, 1.807) is 18.3 Å². The van der Waals surface area contributed by atoms with Crippen LogP contribution >= 0.6 is 0 Å². The van der Waals surface area contributed by atoms with Crippen LogP contribution in [0, 0.1) is 17.2 Å². The van der Waals surface area contributed by atoms with Crippen LogP contribution in [0.3, 0.4) is 0 Å². The Labute approximate surface area is 166 Å². The Bertz CT molecular complexity index is 848. The Morgan fingerprint density at radius 1 is 1.29 bits per heavy atom. The molecule has 0 bridgehead atoms. The van der Waals surface area contributed by atoms with Crippen molar-refractivity contribution in [2.45, 2.75) is 39.5 Å². The molecule has 0 radical (unpaired) electrons. The third kappa shape index (κ3) is 4.66. The Kier molecular flexibility index (Phi) is 6.59. The van der Waals surface area contributed by atoms with Crippen LogP contribution in [0.1, 0.15) is 55.5 Å². The van der Waals surface area contributed by atoms with Gasteiger partial charge in [-0.05, 0) is 37.3 Å². The highest BCUT2D eigenvalue weighted by molar-refractivity contribution is 5.99. The van der Waals surface area contributed by atoms with E-state index < -0.39 is 0 Å². The minimum Gasteiger partial charge on any atom is -0.354 e. The van der Waals surface area contributed by atoms with Gasteiger partial charge in [-0.3, -0.25) is 4.79 Å². The number of hydrogen-bond donors (Lipinski definition) is 1. The molecule has 1 aliphatic rings. The molecule has 1 aromatic carbocycles. The molecular formula is C22H27N5O. The second-order valence-electron chi connectivity index (χ2n) is 7.40. The normalized spacial score (nSPS) is 14.5. The number of nitrogens with zero attached hydrogens (tertiary/aromatic N) is 4. The fourth-order valence-corrected chi connectivity index (χ4v) is 3.31. The first-order valence-corrected chi connectivity index (χ1v) is 10.0. The zero-order valence-electron chi connectivity index (χ0n) is 16.6. The molecule has 2 heterocycles. The Balaban J connectivity index is 1.93. The fraction of sp³-hybridized carbons (Fsp3) is 0.455. The number of carbonyl (C=O) groups excluding carboxylic acids is 1. The third-order valence-electron chi connectivity index (χ3n) is 5.19. The maximum atomic E-state index is 13.2. The first kappa shape index (κ1) is 19.8. The van der Waals surface area contributed by atoms with E-state index in [1.807, 2.05) is 17.0 Å². The van der Waals surface area contributed by atoms with Gasteiger partial charge in [0.1, 0.15) is 0 Å². The molecular weight excluding hydrogens is 350 g/mol. The van der Waals surface area contributed by atoms with Crippen LogP contribution in [0.4, 0.5) is 5.95 Å². The molecule has 1 amide bonds. The van der Waals surface area contributed by atoms with Crippen LogP contribution in [0.15, 0.2) is 30.5 Å². The first-order valence-electron chi connectivity index (χ1n) is 10.0. The van der Waals surface area contributed by atoms with Gasteiger partial charge >= 0.3 is 0 Å². The van der Waals surface area contributed by atoms with Gasteiger partial charge in [0.25, 0.3) is 5.91 Å². The zero-order valence-corrected chi connectivity index (χ0v) is 16.6. The lowest BCUT2D eigenvalue weighted by Gasteiger charge is -2.30. The van der Waals surface area contributed by atoms with E-state index in [1.165, 1.54) is 0 Å². The lowest BCUT2D eigenvalue weighted by molar-refractivity contribution is 0.0697. The number of piperidine rings is 1. The van der Waals surface area contributed by atoms with Gasteiger partial charge in [0.05, 0.1) is 22.9 Å². The van der Waals surface area contributed by atoms with Gasteiger partial charge in [0, 0.05) is 31.4 Å². The topological polar surface area (TPSA) is 81.9 Å². The van der Waals surface area contributed by atoms with Crippen LogP contribution in [-0.2, 0) is 0 Å². The number of rotatable bonds is 6. The molecule has 6 heteroatoms. The minimum absolute atomic E-state index is 0.0219. The number of hydrogen-bond acceptors (Lipinski definition) is 5. The van der Waals surface area contributed by atoms with Crippen molar-refractivity contribution in [3.8, 4) is 17.3 Å². The summed E-state index contributed by atoms with van der Waals surface area (Å²) in [5, 5.41) is 12.3. The molecule has 6 nitrogen and oxygen atoms in total. The number of carbonyl (C=O) groups is 1. The quantitative estimate of drug-likeness (QED) is 0.767. The fourth-order valence-electron chi connectivity index (χ4n) is 3.31. The molecule has 0 spiro atoms. The smallest absolute Gasteiger partial charge is 0.257 e. The zero-order chi connectivity index (χ0) is 19.9. The number of nitriles is 1. The van der Waals surface area contributed by atoms with E-state index in [4.69, 9.17) is 5.26 Å². The van der Waals surface area contributed by atoms with Crippen LogP contribution in [0.5, 0.6) is 0 Å². The largest absolute Gasteiger partial charge is 0.354 e. The molecule has 1 aliphatic heterocycles. The Morgan fingerprint density at radius 2 is 2.00 bits per heavy atom. The maximum absolute atomic E-state index is 13.2. The standard InChI is InChI=1S/C22H27N5O/c1-3-4-11-24-22-25-15-19(21(28)27-12-9-16(2)10-13-27)20(26-22)18-7-5-17(14-23)6-8-18/h5-8,15-16H,3-4,9-13H2,1-2H3,(H,24,25,26). The second kappa shape index (κ2) is 9.32. The van der Waals surface area contributed by atoms with E-state index in [2.05, 4.69) is 35.2 Å². The molecule has 1 saturated heterocycles. The van der Waals surface area contributed by atoms with Crippen molar-refractivity contribution in [1.82, 2.24) is 14.9 Å². The number of amides is 1. The van der Waals surface area contributed by atoms with E-state index >= 15 is 0 Å². The van der Waals surface area contributed by atoms with Crippen LogP contribution in [0.2, 0.25) is 0 Å². The highest BCUT2D eigenvalue weighted by Crippen LogP contribution is 2.26. The highest BCUT2D eigenvalue weighted by atomic mass is 16.2. The van der Waals surface area contributed by atoms with Crippen molar-refractivity contribution < 1.29 is 4.79 Å². The van der Waals surface area contributed by atoms with Crippen molar-refractivity contribution in [3.63, 3.8) is 0 Å². The van der Waals surface area contributed by atoms with Crippen molar-refractivity contribution in [2.75, 3.05) is 25.0 Å². The molecule has 0 saturated carbocycles. The average molecular weight is 377 g/mol. The number of aromatic nitrogens is 2. The molecule has 0 unspecified atom stereocenters. The minimum atomic E-state index is -0.0219. The molecule has 3 rings (SSSR count). The second-order valence-corrected chi connectivity index (χ2v) is 7.40. The lowest BCUT2D eigenvalue weighted by Crippen LogP contribution is -2.38. The SMILES string of the molecule is CCCCNc1ncc(C(=O)N2CCC(C)CC2)c(-c2ccc(C#N)cc2)n1. The van der Waals surface area contributed by atoms with E-state index in [-0.39, 0.29) is 5.91 Å². The maximum Gasteiger partial charge on any atom is 0.257 e. The number of likely N-dealkylation sites (tertiary alicyclic amines) is 1. The molecule has 2 aromatic rings.